The lowest BCUT2D eigenvalue weighted by Gasteiger charge is -2.33. The minimum absolute atomic E-state index is 0.558. The van der Waals surface area contributed by atoms with Crippen molar-refractivity contribution in [2.75, 3.05) is 26.7 Å². The number of aromatic amines is 1. The van der Waals surface area contributed by atoms with E-state index in [0.29, 0.717) is 12.0 Å². The maximum absolute atomic E-state index is 3.75. The number of piperidine rings is 1. The highest BCUT2D eigenvalue weighted by Gasteiger charge is 2.29. The van der Waals surface area contributed by atoms with Crippen LogP contribution in [0.25, 0.3) is 0 Å². The predicted octanol–water partition coefficient (Wildman–Crippen LogP) is 2.59. The molecule has 2 atom stereocenters. The fourth-order valence-electron chi connectivity index (χ4n) is 3.53. The fourth-order valence-corrected chi connectivity index (χ4v) is 3.53. The lowest BCUT2D eigenvalue weighted by atomic mass is 9.92. The highest BCUT2D eigenvalue weighted by Crippen LogP contribution is 2.37. The van der Waals surface area contributed by atoms with E-state index in [1.54, 1.807) is 0 Å². The van der Waals surface area contributed by atoms with Gasteiger partial charge in [-0.25, -0.2) is 0 Å². The normalized spacial score (nSPS) is 30.4. The Hall–Kier alpha value is -0.800. The molecule has 3 rings (SSSR count). The largest absolute Gasteiger partial charge is 0.361 e. The van der Waals surface area contributed by atoms with Gasteiger partial charge in [0, 0.05) is 35.8 Å². The van der Waals surface area contributed by atoms with Gasteiger partial charge in [0.2, 0.25) is 0 Å². The van der Waals surface area contributed by atoms with Gasteiger partial charge in [-0.2, -0.15) is 0 Å². The van der Waals surface area contributed by atoms with Crippen LogP contribution in [0.5, 0.6) is 0 Å². The van der Waals surface area contributed by atoms with E-state index in [1.165, 1.54) is 49.4 Å². The van der Waals surface area contributed by atoms with E-state index in [2.05, 4.69) is 42.2 Å². The van der Waals surface area contributed by atoms with E-state index in [0.717, 1.165) is 5.92 Å². The van der Waals surface area contributed by atoms with Crippen LogP contribution in [-0.2, 0) is 0 Å². The van der Waals surface area contributed by atoms with Crippen LogP contribution in [0.2, 0.25) is 0 Å². The van der Waals surface area contributed by atoms with Crippen molar-refractivity contribution in [2.45, 2.75) is 44.6 Å². The minimum atomic E-state index is 0.558. The summed E-state index contributed by atoms with van der Waals surface area (Å²) in [6.45, 7) is 8.16. The lowest BCUT2D eigenvalue weighted by molar-refractivity contribution is 0.227. The number of nitrogens with one attached hydrogen (secondary N) is 2. The van der Waals surface area contributed by atoms with Crippen molar-refractivity contribution >= 4 is 0 Å². The molecular weight excluding hydrogens is 222 g/mol. The number of aromatic nitrogens is 1. The Labute approximate surface area is 110 Å². The Kier molecular flexibility index (Phi) is 3.20. The predicted molar refractivity (Wildman–Crippen MR) is 75.1 cm³/mol. The lowest BCUT2D eigenvalue weighted by Crippen LogP contribution is -2.32. The van der Waals surface area contributed by atoms with Gasteiger partial charge in [0.15, 0.2) is 0 Å². The summed E-state index contributed by atoms with van der Waals surface area (Å²) in [6, 6.07) is 3.00. The molecule has 18 heavy (non-hydrogen) atoms. The first-order chi connectivity index (χ1) is 8.66. The quantitative estimate of drug-likeness (QED) is 0.799. The van der Waals surface area contributed by atoms with Crippen molar-refractivity contribution in [3.05, 3.63) is 23.0 Å². The third-order valence-electron chi connectivity index (χ3n) is 4.85. The summed E-state index contributed by atoms with van der Waals surface area (Å²) in [6.07, 6.45) is 2.55. The first-order valence-corrected chi connectivity index (χ1v) is 7.30. The third-order valence-corrected chi connectivity index (χ3v) is 4.85. The van der Waals surface area contributed by atoms with Crippen LogP contribution in [0.4, 0.5) is 0 Å². The van der Waals surface area contributed by atoms with Gasteiger partial charge < -0.3 is 10.3 Å². The summed E-state index contributed by atoms with van der Waals surface area (Å²) < 4.78 is 0. The van der Waals surface area contributed by atoms with Gasteiger partial charge in [0.05, 0.1) is 0 Å². The van der Waals surface area contributed by atoms with Gasteiger partial charge in [0.1, 0.15) is 0 Å². The summed E-state index contributed by atoms with van der Waals surface area (Å²) in [5.41, 5.74) is 4.51. The molecule has 0 spiro atoms. The number of nitrogens with zero attached hydrogens (tertiary/aromatic N) is 1. The van der Waals surface area contributed by atoms with E-state index < -0.39 is 0 Å². The van der Waals surface area contributed by atoms with Gasteiger partial charge in [-0.15, -0.1) is 0 Å². The zero-order valence-corrected chi connectivity index (χ0v) is 11.8. The van der Waals surface area contributed by atoms with Crippen molar-refractivity contribution in [1.29, 1.82) is 0 Å². The van der Waals surface area contributed by atoms with E-state index in [1.807, 2.05) is 0 Å². The maximum Gasteiger partial charge on any atom is 0.0335 e. The van der Waals surface area contributed by atoms with Crippen LogP contribution in [0.3, 0.4) is 0 Å². The number of hydrogen-bond donors (Lipinski definition) is 2. The fraction of sp³-hybridized carbons (Fsp3) is 0.733. The molecule has 3 nitrogen and oxygen atoms in total. The van der Waals surface area contributed by atoms with Crippen LogP contribution < -0.4 is 5.32 Å². The molecule has 1 saturated heterocycles. The Morgan fingerprint density at radius 2 is 1.94 bits per heavy atom. The molecular formula is C15H25N3. The summed E-state index contributed by atoms with van der Waals surface area (Å²) >= 11 is 0. The van der Waals surface area contributed by atoms with E-state index >= 15 is 0 Å². The standard InChI is InChI=1S/C15H25N3/c1-10-9-18(3)11(2)13-8-14(17-15(10)13)12-4-6-16-7-5-12/h8,10-12,16-17H,4-7,9H2,1-3H3. The van der Waals surface area contributed by atoms with Crippen LogP contribution in [-0.4, -0.2) is 36.6 Å². The second-order valence-corrected chi connectivity index (χ2v) is 6.13. The zero-order chi connectivity index (χ0) is 12.7. The molecule has 0 amide bonds. The molecule has 0 aliphatic carbocycles. The molecule has 0 saturated carbocycles. The molecule has 2 N–H and O–H groups in total. The molecule has 0 bridgehead atoms. The number of rotatable bonds is 1. The van der Waals surface area contributed by atoms with Gasteiger partial charge >= 0.3 is 0 Å². The Balaban J connectivity index is 1.90. The highest BCUT2D eigenvalue weighted by molar-refractivity contribution is 5.35. The molecule has 1 aromatic rings. The Morgan fingerprint density at radius 1 is 1.22 bits per heavy atom. The van der Waals surface area contributed by atoms with Crippen molar-refractivity contribution in [1.82, 2.24) is 15.2 Å². The summed E-state index contributed by atoms with van der Waals surface area (Å²) in [7, 11) is 2.24. The summed E-state index contributed by atoms with van der Waals surface area (Å²) in [4.78, 5) is 6.21. The molecule has 2 aliphatic rings. The second kappa shape index (κ2) is 4.71. The number of likely N-dealkylation sites (N-methyl/N-ethyl adjacent to an activating group) is 1. The molecule has 3 heterocycles. The molecule has 2 aliphatic heterocycles. The van der Waals surface area contributed by atoms with Gasteiger partial charge in [-0.05, 0) is 51.5 Å². The topological polar surface area (TPSA) is 31.1 Å². The zero-order valence-electron chi connectivity index (χ0n) is 11.8. The van der Waals surface area contributed by atoms with Crippen molar-refractivity contribution in [3.63, 3.8) is 0 Å². The van der Waals surface area contributed by atoms with Crippen molar-refractivity contribution < 1.29 is 0 Å². The molecule has 1 aromatic heterocycles. The smallest absolute Gasteiger partial charge is 0.0335 e. The molecule has 2 unspecified atom stereocenters. The van der Waals surface area contributed by atoms with Crippen molar-refractivity contribution in [3.8, 4) is 0 Å². The van der Waals surface area contributed by atoms with Crippen LogP contribution >= 0.6 is 0 Å². The number of H-pyrrole nitrogens is 1. The van der Waals surface area contributed by atoms with Crippen LogP contribution in [0.1, 0.15) is 61.5 Å². The molecule has 100 valence electrons. The molecule has 0 radical (unpaired) electrons. The first-order valence-electron chi connectivity index (χ1n) is 7.30. The Morgan fingerprint density at radius 3 is 2.67 bits per heavy atom. The van der Waals surface area contributed by atoms with Crippen molar-refractivity contribution in [2.24, 2.45) is 0 Å². The number of hydrogen-bond acceptors (Lipinski definition) is 2. The minimum Gasteiger partial charge on any atom is -0.361 e. The van der Waals surface area contributed by atoms with Crippen LogP contribution in [0, 0.1) is 0 Å². The Bertz CT molecular complexity index is 417. The summed E-state index contributed by atoms with van der Waals surface area (Å²) in [5, 5.41) is 3.45. The first kappa shape index (κ1) is 12.2. The maximum atomic E-state index is 3.75. The second-order valence-electron chi connectivity index (χ2n) is 6.13. The monoisotopic (exact) mass is 247 g/mol. The third kappa shape index (κ3) is 1.99. The van der Waals surface area contributed by atoms with Gasteiger partial charge in [0.25, 0.3) is 0 Å². The average molecular weight is 247 g/mol. The van der Waals surface area contributed by atoms with E-state index in [9.17, 15) is 0 Å². The van der Waals surface area contributed by atoms with Gasteiger partial charge in [-0.3, -0.25) is 4.90 Å². The van der Waals surface area contributed by atoms with E-state index in [-0.39, 0.29) is 0 Å². The number of fused-ring (bicyclic) bond motifs is 1. The molecule has 3 heteroatoms. The SMILES string of the molecule is CC1CN(C)C(C)c2cc(C3CCNCC3)[nH]c21. The summed E-state index contributed by atoms with van der Waals surface area (Å²) in [5.74, 6) is 1.37. The van der Waals surface area contributed by atoms with E-state index in [4.69, 9.17) is 0 Å². The molecule has 0 aromatic carbocycles. The van der Waals surface area contributed by atoms with Crippen LogP contribution in [0.15, 0.2) is 6.07 Å². The highest BCUT2D eigenvalue weighted by atomic mass is 15.1. The average Bonchev–Trinajstić information content (AvgIpc) is 2.83. The van der Waals surface area contributed by atoms with Gasteiger partial charge in [-0.1, -0.05) is 6.92 Å². The molecule has 1 fully saturated rings.